The fourth-order valence-electron chi connectivity index (χ4n) is 2.63. The number of nitrogens with two attached hydrogens (primary N) is 1. The number of fused-ring (bicyclic) bond motifs is 1. The van der Waals surface area contributed by atoms with Crippen molar-refractivity contribution in [2.24, 2.45) is 5.73 Å². The molecular formula is C19H19ClN4O. The van der Waals surface area contributed by atoms with Crippen LogP contribution in [0.4, 0.5) is 0 Å². The molecule has 0 unspecified atom stereocenters. The van der Waals surface area contributed by atoms with Gasteiger partial charge in [0.05, 0.1) is 0 Å². The minimum absolute atomic E-state index is 0.136. The molecule has 1 amide bonds. The van der Waals surface area contributed by atoms with Crippen LogP contribution in [0.1, 0.15) is 11.1 Å². The highest BCUT2D eigenvalue weighted by molar-refractivity contribution is 6.30. The number of aromatic amines is 1. The van der Waals surface area contributed by atoms with Crippen molar-refractivity contribution >= 4 is 34.6 Å². The maximum Gasteiger partial charge on any atom is 0.244 e. The van der Waals surface area contributed by atoms with Gasteiger partial charge in [0.25, 0.3) is 0 Å². The van der Waals surface area contributed by atoms with E-state index >= 15 is 0 Å². The Labute approximate surface area is 150 Å². The van der Waals surface area contributed by atoms with E-state index in [2.05, 4.69) is 15.3 Å². The molecule has 0 radical (unpaired) electrons. The third-order valence-corrected chi connectivity index (χ3v) is 4.18. The summed E-state index contributed by atoms with van der Waals surface area (Å²) in [7, 11) is 0. The van der Waals surface area contributed by atoms with Crippen LogP contribution in [-0.4, -0.2) is 28.5 Å². The van der Waals surface area contributed by atoms with Crippen LogP contribution in [-0.2, 0) is 11.2 Å². The van der Waals surface area contributed by atoms with Crippen molar-refractivity contribution in [3.05, 3.63) is 71.0 Å². The summed E-state index contributed by atoms with van der Waals surface area (Å²) in [5, 5.41) is 4.59. The number of aromatic nitrogens is 2. The lowest BCUT2D eigenvalue weighted by molar-refractivity contribution is -0.117. The van der Waals surface area contributed by atoms with Crippen LogP contribution in [0.25, 0.3) is 17.1 Å². The van der Waals surface area contributed by atoms with Gasteiger partial charge in [-0.15, -0.1) is 0 Å². The van der Waals surface area contributed by atoms with Gasteiger partial charge in [-0.1, -0.05) is 23.7 Å². The van der Waals surface area contributed by atoms with Crippen molar-refractivity contribution in [3.8, 4) is 0 Å². The number of H-pyrrole nitrogens is 1. The molecule has 128 valence electrons. The van der Waals surface area contributed by atoms with Crippen molar-refractivity contribution in [2.45, 2.75) is 12.5 Å². The normalized spacial score (nSPS) is 12.6. The monoisotopic (exact) mass is 354 g/mol. The van der Waals surface area contributed by atoms with Crippen LogP contribution in [0.3, 0.4) is 0 Å². The van der Waals surface area contributed by atoms with Gasteiger partial charge in [0.15, 0.2) is 0 Å². The van der Waals surface area contributed by atoms with Crippen molar-refractivity contribution in [3.63, 3.8) is 0 Å². The van der Waals surface area contributed by atoms with Crippen LogP contribution < -0.4 is 11.1 Å². The predicted octanol–water partition coefficient (Wildman–Crippen LogP) is 2.92. The van der Waals surface area contributed by atoms with Gasteiger partial charge in [-0.25, -0.2) is 4.98 Å². The number of amides is 1. The molecule has 2 aromatic heterocycles. The van der Waals surface area contributed by atoms with E-state index in [9.17, 15) is 4.79 Å². The average Bonchev–Trinajstić information content (AvgIpc) is 3.04. The first-order chi connectivity index (χ1) is 12.2. The maximum absolute atomic E-state index is 12.2. The molecule has 4 N–H and O–H groups in total. The van der Waals surface area contributed by atoms with Gasteiger partial charge in [0.2, 0.25) is 5.91 Å². The number of nitrogens with zero attached hydrogens (tertiary/aromatic N) is 1. The van der Waals surface area contributed by atoms with Crippen LogP contribution in [0, 0.1) is 0 Å². The molecule has 0 aliphatic carbocycles. The number of rotatable bonds is 6. The van der Waals surface area contributed by atoms with Crippen molar-refractivity contribution < 1.29 is 4.79 Å². The minimum Gasteiger partial charge on any atom is -0.348 e. The van der Waals surface area contributed by atoms with E-state index in [4.69, 9.17) is 17.3 Å². The molecular weight excluding hydrogens is 336 g/mol. The van der Waals surface area contributed by atoms with E-state index in [1.807, 2.05) is 42.6 Å². The third kappa shape index (κ3) is 4.47. The lowest BCUT2D eigenvalue weighted by Gasteiger charge is -2.15. The summed E-state index contributed by atoms with van der Waals surface area (Å²) in [6, 6.07) is 11.2. The minimum atomic E-state index is -0.178. The topological polar surface area (TPSA) is 83.8 Å². The van der Waals surface area contributed by atoms with Crippen LogP contribution in [0.2, 0.25) is 5.02 Å². The highest BCUT2D eigenvalue weighted by Gasteiger charge is 2.10. The second kappa shape index (κ2) is 7.96. The smallest absolute Gasteiger partial charge is 0.244 e. The fourth-order valence-corrected chi connectivity index (χ4v) is 2.75. The number of hydrogen-bond acceptors (Lipinski definition) is 3. The zero-order valence-electron chi connectivity index (χ0n) is 13.6. The molecule has 0 aliphatic heterocycles. The van der Waals surface area contributed by atoms with E-state index in [0.29, 0.717) is 18.0 Å². The molecule has 0 saturated heterocycles. The molecule has 3 rings (SSSR count). The van der Waals surface area contributed by atoms with Gasteiger partial charge < -0.3 is 16.0 Å². The van der Waals surface area contributed by atoms with Gasteiger partial charge in [0.1, 0.15) is 5.65 Å². The van der Waals surface area contributed by atoms with E-state index in [1.165, 1.54) is 6.08 Å². The summed E-state index contributed by atoms with van der Waals surface area (Å²) in [5.74, 6) is -0.178. The molecule has 3 aromatic rings. The van der Waals surface area contributed by atoms with Gasteiger partial charge >= 0.3 is 0 Å². The Kier molecular flexibility index (Phi) is 5.48. The Morgan fingerprint density at radius 3 is 2.88 bits per heavy atom. The van der Waals surface area contributed by atoms with Gasteiger partial charge in [-0.2, -0.15) is 0 Å². The molecule has 6 heteroatoms. The molecule has 1 atom stereocenters. The summed E-state index contributed by atoms with van der Waals surface area (Å²) in [6.45, 7) is 0.360. The second-order valence-electron chi connectivity index (χ2n) is 5.75. The number of halogens is 1. The molecule has 0 aliphatic rings. The number of carbonyl (C=O) groups is 1. The van der Waals surface area contributed by atoms with E-state index < -0.39 is 0 Å². The molecule has 5 nitrogen and oxygen atoms in total. The molecule has 0 saturated carbocycles. The molecule has 1 aromatic carbocycles. The molecule has 2 heterocycles. The Morgan fingerprint density at radius 2 is 2.12 bits per heavy atom. The SMILES string of the molecule is NC[C@H](Cc1ccc(Cl)cc1)NC(=O)C=Cc1c[nH]c2ncccc12. The number of hydrogen-bond donors (Lipinski definition) is 3. The summed E-state index contributed by atoms with van der Waals surface area (Å²) in [4.78, 5) is 19.5. The first kappa shape index (κ1) is 17.2. The van der Waals surface area contributed by atoms with Gasteiger partial charge in [-0.05, 0) is 42.3 Å². The number of pyridine rings is 1. The first-order valence-corrected chi connectivity index (χ1v) is 8.38. The molecule has 0 bridgehead atoms. The lowest BCUT2D eigenvalue weighted by Crippen LogP contribution is -2.40. The van der Waals surface area contributed by atoms with E-state index in [1.54, 1.807) is 12.3 Å². The van der Waals surface area contributed by atoms with Crippen LogP contribution in [0.15, 0.2) is 54.9 Å². The third-order valence-electron chi connectivity index (χ3n) is 3.92. The molecule has 0 fully saturated rings. The Hall–Kier alpha value is -2.63. The number of benzene rings is 1. The average molecular weight is 355 g/mol. The summed E-state index contributed by atoms with van der Waals surface area (Å²) in [6.07, 6.45) is 7.49. The summed E-state index contributed by atoms with van der Waals surface area (Å²) < 4.78 is 0. The largest absolute Gasteiger partial charge is 0.348 e. The first-order valence-electron chi connectivity index (χ1n) is 8.01. The van der Waals surface area contributed by atoms with Gasteiger partial charge in [0, 0.05) is 47.0 Å². The predicted molar refractivity (Wildman–Crippen MR) is 101 cm³/mol. The number of carbonyl (C=O) groups excluding carboxylic acids is 1. The second-order valence-corrected chi connectivity index (χ2v) is 6.19. The van der Waals surface area contributed by atoms with Crippen LogP contribution >= 0.6 is 11.6 Å². The summed E-state index contributed by atoms with van der Waals surface area (Å²) in [5.41, 5.74) is 8.57. The quantitative estimate of drug-likeness (QED) is 0.595. The summed E-state index contributed by atoms with van der Waals surface area (Å²) >= 11 is 5.89. The Balaban J connectivity index is 1.63. The zero-order chi connectivity index (χ0) is 17.6. The number of nitrogens with one attached hydrogen (secondary N) is 2. The molecule has 25 heavy (non-hydrogen) atoms. The standard InChI is InChI=1S/C19H19ClN4O/c20-15-6-3-13(4-7-15)10-16(11-21)24-18(25)8-5-14-12-23-19-17(14)2-1-9-22-19/h1-9,12,16H,10-11,21H2,(H,22,23)(H,24,25)/t16-/m0/s1. The lowest BCUT2D eigenvalue weighted by atomic mass is 10.1. The van der Waals surface area contributed by atoms with Crippen LogP contribution in [0.5, 0.6) is 0 Å². The van der Waals surface area contributed by atoms with E-state index in [0.717, 1.165) is 22.2 Å². The maximum atomic E-state index is 12.2. The highest BCUT2D eigenvalue weighted by Crippen LogP contribution is 2.16. The fraction of sp³-hybridized carbons (Fsp3) is 0.158. The Morgan fingerprint density at radius 1 is 1.32 bits per heavy atom. The van der Waals surface area contributed by atoms with E-state index in [-0.39, 0.29) is 11.9 Å². The molecule has 0 spiro atoms. The van der Waals surface area contributed by atoms with Crippen molar-refractivity contribution in [2.75, 3.05) is 6.54 Å². The zero-order valence-corrected chi connectivity index (χ0v) is 14.3. The Bertz CT molecular complexity index is 886. The van der Waals surface area contributed by atoms with Crippen molar-refractivity contribution in [1.29, 1.82) is 0 Å². The van der Waals surface area contributed by atoms with Gasteiger partial charge in [-0.3, -0.25) is 4.79 Å². The highest BCUT2D eigenvalue weighted by atomic mass is 35.5. The van der Waals surface area contributed by atoms with Crippen molar-refractivity contribution in [1.82, 2.24) is 15.3 Å².